The maximum atomic E-state index is 12.2. The standard InChI is InChI=1S/C7H4F4INO/c8-3-14-6-1-5(12)4(2-13-6)7(9,10)11/h1-2H,3H2. The Morgan fingerprint density at radius 3 is 2.50 bits per heavy atom. The number of hydrogen-bond acceptors (Lipinski definition) is 2. The van der Waals surface area contributed by atoms with Crippen molar-refractivity contribution < 1.29 is 22.3 Å². The lowest BCUT2D eigenvalue weighted by Crippen LogP contribution is -2.08. The maximum absolute atomic E-state index is 12.2. The van der Waals surface area contributed by atoms with Gasteiger partial charge in [-0.1, -0.05) is 0 Å². The number of aromatic nitrogens is 1. The van der Waals surface area contributed by atoms with Crippen LogP contribution in [0.15, 0.2) is 12.3 Å². The average Bonchev–Trinajstić information content (AvgIpc) is 2.02. The molecule has 0 bridgehead atoms. The van der Waals surface area contributed by atoms with Gasteiger partial charge in [0.05, 0.1) is 5.56 Å². The highest BCUT2D eigenvalue weighted by molar-refractivity contribution is 14.1. The Labute approximate surface area is 90.4 Å². The van der Waals surface area contributed by atoms with Crippen LogP contribution < -0.4 is 4.74 Å². The molecule has 0 unspecified atom stereocenters. The van der Waals surface area contributed by atoms with Crippen LogP contribution in [-0.2, 0) is 6.18 Å². The largest absolute Gasteiger partial charge is 0.446 e. The quantitative estimate of drug-likeness (QED) is 0.617. The lowest BCUT2D eigenvalue weighted by molar-refractivity contribution is -0.138. The summed E-state index contributed by atoms with van der Waals surface area (Å²) in [6.07, 6.45) is -3.83. The van der Waals surface area contributed by atoms with Crippen molar-refractivity contribution in [3.63, 3.8) is 0 Å². The van der Waals surface area contributed by atoms with Crippen LogP contribution in [0.25, 0.3) is 0 Å². The number of halogens is 5. The van der Waals surface area contributed by atoms with Crippen molar-refractivity contribution >= 4 is 22.6 Å². The van der Waals surface area contributed by atoms with Gasteiger partial charge in [-0.05, 0) is 22.6 Å². The fourth-order valence-electron chi connectivity index (χ4n) is 0.757. The molecule has 0 atom stereocenters. The predicted molar refractivity (Wildman–Crippen MR) is 48.6 cm³/mol. The summed E-state index contributed by atoms with van der Waals surface area (Å²) in [5.41, 5.74) is -0.857. The van der Waals surface area contributed by atoms with Crippen LogP contribution in [0.1, 0.15) is 5.56 Å². The minimum Gasteiger partial charge on any atom is -0.446 e. The van der Waals surface area contributed by atoms with Crippen LogP contribution in [0, 0.1) is 3.57 Å². The monoisotopic (exact) mass is 321 g/mol. The van der Waals surface area contributed by atoms with Crippen LogP contribution in [0.4, 0.5) is 17.6 Å². The zero-order valence-corrected chi connectivity index (χ0v) is 8.76. The zero-order valence-electron chi connectivity index (χ0n) is 6.61. The van der Waals surface area contributed by atoms with Gasteiger partial charge in [0.15, 0.2) is 0 Å². The van der Waals surface area contributed by atoms with Gasteiger partial charge < -0.3 is 4.74 Å². The first-order chi connectivity index (χ1) is 6.45. The van der Waals surface area contributed by atoms with Crippen LogP contribution in [0.5, 0.6) is 5.88 Å². The van der Waals surface area contributed by atoms with Crippen LogP contribution in [0.2, 0.25) is 0 Å². The average molecular weight is 321 g/mol. The fraction of sp³-hybridized carbons (Fsp3) is 0.286. The molecule has 0 saturated carbocycles. The Morgan fingerprint density at radius 1 is 1.43 bits per heavy atom. The van der Waals surface area contributed by atoms with Crippen LogP contribution in [-0.4, -0.2) is 11.8 Å². The molecule has 1 aromatic heterocycles. The highest BCUT2D eigenvalue weighted by Crippen LogP contribution is 2.33. The Kier molecular flexibility index (Phi) is 3.51. The molecular formula is C7H4F4INO. The highest BCUT2D eigenvalue weighted by Gasteiger charge is 2.33. The first kappa shape index (κ1) is 11.5. The molecule has 0 aliphatic heterocycles. The van der Waals surface area contributed by atoms with Crippen molar-refractivity contribution in [2.45, 2.75) is 6.18 Å². The molecule has 1 heterocycles. The molecule has 78 valence electrons. The van der Waals surface area contributed by atoms with Gasteiger partial charge in [-0.25, -0.2) is 9.37 Å². The van der Waals surface area contributed by atoms with Crippen LogP contribution in [0.3, 0.4) is 0 Å². The molecule has 0 fully saturated rings. The van der Waals surface area contributed by atoms with Crippen molar-refractivity contribution in [1.82, 2.24) is 4.98 Å². The van der Waals surface area contributed by atoms with Gasteiger partial charge >= 0.3 is 6.18 Å². The SMILES string of the molecule is FCOc1cc(I)c(C(F)(F)F)cn1. The first-order valence-corrected chi connectivity index (χ1v) is 4.44. The summed E-state index contributed by atoms with van der Waals surface area (Å²) < 4.78 is 52.5. The van der Waals surface area contributed by atoms with E-state index in [1.54, 1.807) is 0 Å². The third-order valence-electron chi connectivity index (χ3n) is 1.34. The van der Waals surface area contributed by atoms with Crippen molar-refractivity contribution in [3.8, 4) is 5.88 Å². The first-order valence-electron chi connectivity index (χ1n) is 3.36. The highest BCUT2D eigenvalue weighted by atomic mass is 127. The van der Waals surface area contributed by atoms with E-state index in [0.717, 1.165) is 6.07 Å². The topological polar surface area (TPSA) is 22.1 Å². The van der Waals surface area contributed by atoms with E-state index in [4.69, 9.17) is 0 Å². The Hall–Kier alpha value is -0.600. The number of rotatable bonds is 2. The summed E-state index contributed by atoms with van der Waals surface area (Å²) in [5.74, 6) is -0.162. The molecule has 1 aromatic rings. The molecule has 2 nitrogen and oxygen atoms in total. The molecule has 0 N–H and O–H groups in total. The second kappa shape index (κ2) is 4.28. The summed E-state index contributed by atoms with van der Waals surface area (Å²) in [6, 6.07) is 1.03. The maximum Gasteiger partial charge on any atom is 0.418 e. The number of ether oxygens (including phenoxy) is 1. The van der Waals surface area contributed by atoms with Crippen LogP contribution >= 0.6 is 22.6 Å². The number of pyridine rings is 1. The molecule has 0 aromatic carbocycles. The van der Waals surface area contributed by atoms with Crippen molar-refractivity contribution in [3.05, 3.63) is 21.4 Å². The molecule has 7 heteroatoms. The Balaban J connectivity index is 3.02. The molecule has 0 amide bonds. The molecule has 1 rings (SSSR count). The molecule has 0 radical (unpaired) electrons. The van der Waals surface area contributed by atoms with E-state index in [1.165, 1.54) is 22.6 Å². The predicted octanol–water partition coefficient (Wildman–Crippen LogP) is 3.01. The van der Waals surface area contributed by atoms with E-state index < -0.39 is 18.6 Å². The van der Waals surface area contributed by atoms with E-state index in [-0.39, 0.29) is 9.45 Å². The third kappa shape index (κ3) is 2.69. The van der Waals surface area contributed by atoms with E-state index in [9.17, 15) is 17.6 Å². The summed E-state index contributed by atoms with van der Waals surface area (Å²) in [4.78, 5) is 3.31. The minimum atomic E-state index is -4.45. The number of alkyl halides is 4. The lowest BCUT2D eigenvalue weighted by Gasteiger charge is -2.09. The number of nitrogens with zero attached hydrogens (tertiary/aromatic N) is 1. The summed E-state index contributed by atoms with van der Waals surface area (Å²) in [6.45, 7) is -1.12. The smallest absolute Gasteiger partial charge is 0.418 e. The zero-order chi connectivity index (χ0) is 10.8. The van der Waals surface area contributed by atoms with E-state index in [1.807, 2.05) is 0 Å². The summed E-state index contributed by atoms with van der Waals surface area (Å²) >= 11 is 1.49. The van der Waals surface area contributed by atoms with E-state index in [0.29, 0.717) is 6.20 Å². The van der Waals surface area contributed by atoms with E-state index >= 15 is 0 Å². The second-order valence-electron chi connectivity index (χ2n) is 2.25. The normalized spacial score (nSPS) is 11.5. The van der Waals surface area contributed by atoms with Gasteiger partial charge in [0.2, 0.25) is 12.7 Å². The molecule has 0 spiro atoms. The third-order valence-corrected chi connectivity index (χ3v) is 2.23. The van der Waals surface area contributed by atoms with Crippen molar-refractivity contribution in [2.24, 2.45) is 0 Å². The van der Waals surface area contributed by atoms with Gasteiger partial charge in [-0.3, -0.25) is 0 Å². The molecular weight excluding hydrogens is 317 g/mol. The molecule has 14 heavy (non-hydrogen) atoms. The molecule has 0 saturated heterocycles. The van der Waals surface area contributed by atoms with Gasteiger partial charge in [-0.2, -0.15) is 13.2 Å². The lowest BCUT2D eigenvalue weighted by atomic mass is 10.3. The van der Waals surface area contributed by atoms with Crippen molar-refractivity contribution in [1.29, 1.82) is 0 Å². The fourth-order valence-corrected chi connectivity index (χ4v) is 1.47. The molecule has 0 aliphatic rings. The molecule has 0 aliphatic carbocycles. The van der Waals surface area contributed by atoms with Gasteiger partial charge in [0.1, 0.15) is 0 Å². The minimum absolute atomic E-state index is 0.0754. The van der Waals surface area contributed by atoms with Gasteiger partial charge in [-0.15, -0.1) is 0 Å². The Morgan fingerprint density at radius 2 is 2.07 bits per heavy atom. The van der Waals surface area contributed by atoms with E-state index in [2.05, 4.69) is 9.72 Å². The van der Waals surface area contributed by atoms with Gasteiger partial charge in [0, 0.05) is 15.8 Å². The van der Waals surface area contributed by atoms with Crippen molar-refractivity contribution in [2.75, 3.05) is 6.86 Å². The number of hydrogen-bond donors (Lipinski definition) is 0. The van der Waals surface area contributed by atoms with Gasteiger partial charge in [0.25, 0.3) is 0 Å². The second-order valence-corrected chi connectivity index (χ2v) is 3.42. The Bertz CT molecular complexity index is 328. The summed E-state index contributed by atoms with van der Waals surface area (Å²) in [7, 11) is 0. The summed E-state index contributed by atoms with van der Waals surface area (Å²) in [5, 5.41) is 0.